The summed E-state index contributed by atoms with van der Waals surface area (Å²) in [5.41, 5.74) is 0.984. The van der Waals surface area contributed by atoms with E-state index in [0.29, 0.717) is 12.3 Å². The molecular formula is C12H12F6N2O5S. The summed E-state index contributed by atoms with van der Waals surface area (Å²) in [7, 11) is -3.90. The molecule has 0 aromatic heterocycles. The smallest absolute Gasteiger partial charge is 0.422 e. The Morgan fingerprint density at radius 1 is 1.04 bits per heavy atom. The van der Waals surface area contributed by atoms with E-state index in [2.05, 4.69) is 9.47 Å². The number of hydrogen-bond donors (Lipinski definition) is 2. The van der Waals surface area contributed by atoms with Gasteiger partial charge in [0.2, 0.25) is 10.0 Å². The van der Waals surface area contributed by atoms with E-state index in [0.717, 1.165) is 12.1 Å². The van der Waals surface area contributed by atoms with E-state index in [1.54, 1.807) is 10.3 Å². The van der Waals surface area contributed by atoms with Crippen LogP contribution in [0.15, 0.2) is 18.2 Å². The predicted octanol–water partition coefficient (Wildman–Crippen LogP) is 1.76. The number of hydrazine groups is 1. The zero-order valence-electron chi connectivity index (χ0n) is 12.9. The summed E-state index contributed by atoms with van der Waals surface area (Å²) in [6.45, 7) is -3.49. The maximum Gasteiger partial charge on any atom is 0.422 e. The Bertz CT molecular complexity index is 747. The first-order valence-corrected chi connectivity index (χ1v) is 8.36. The number of carbonyl (C=O) groups excluding carboxylic acids is 1. The van der Waals surface area contributed by atoms with E-state index in [9.17, 15) is 39.6 Å². The zero-order chi connectivity index (χ0) is 20.2. The molecule has 0 aliphatic carbocycles. The second-order valence-electron chi connectivity index (χ2n) is 4.79. The van der Waals surface area contributed by atoms with E-state index >= 15 is 0 Å². The zero-order valence-corrected chi connectivity index (χ0v) is 13.7. The van der Waals surface area contributed by atoms with Gasteiger partial charge in [-0.25, -0.2) is 8.42 Å². The largest absolute Gasteiger partial charge is 0.484 e. The van der Waals surface area contributed by atoms with Gasteiger partial charge < -0.3 is 9.47 Å². The summed E-state index contributed by atoms with van der Waals surface area (Å²) in [5.74, 6) is -2.41. The minimum absolute atomic E-state index is 0.494. The second kappa shape index (κ2) is 7.99. The number of benzene rings is 1. The Hall–Kier alpha value is -2.22. The van der Waals surface area contributed by atoms with Crippen molar-refractivity contribution in [1.82, 2.24) is 10.3 Å². The lowest BCUT2D eigenvalue weighted by Gasteiger charge is -2.15. The summed E-state index contributed by atoms with van der Waals surface area (Å²) < 4.78 is 104. The van der Waals surface area contributed by atoms with Gasteiger partial charge in [0.1, 0.15) is 11.5 Å². The van der Waals surface area contributed by atoms with Gasteiger partial charge in [-0.15, -0.1) is 4.83 Å². The first-order valence-electron chi connectivity index (χ1n) is 6.46. The van der Waals surface area contributed by atoms with Gasteiger partial charge in [0, 0.05) is 0 Å². The maximum atomic E-state index is 12.2. The number of alkyl halides is 6. The summed E-state index contributed by atoms with van der Waals surface area (Å²) in [6.07, 6.45) is -8.76. The highest BCUT2D eigenvalue weighted by Gasteiger charge is 2.30. The number of amides is 1. The maximum absolute atomic E-state index is 12.2. The van der Waals surface area contributed by atoms with Crippen molar-refractivity contribution in [2.75, 3.05) is 19.5 Å². The molecule has 148 valence electrons. The summed E-state index contributed by atoms with van der Waals surface area (Å²) in [5, 5.41) is 0. The lowest BCUT2D eigenvalue weighted by atomic mass is 10.2. The molecule has 0 bridgehead atoms. The lowest BCUT2D eigenvalue weighted by molar-refractivity contribution is -0.154. The molecule has 7 nitrogen and oxygen atoms in total. The minimum Gasteiger partial charge on any atom is -0.484 e. The van der Waals surface area contributed by atoms with Crippen LogP contribution in [0.5, 0.6) is 11.5 Å². The van der Waals surface area contributed by atoms with Crippen LogP contribution in [-0.2, 0) is 10.0 Å². The Morgan fingerprint density at radius 2 is 1.58 bits per heavy atom. The van der Waals surface area contributed by atoms with Crippen LogP contribution in [0.1, 0.15) is 10.4 Å². The molecule has 0 atom stereocenters. The average Bonchev–Trinajstić information content (AvgIpc) is 2.46. The third-order valence-corrected chi connectivity index (χ3v) is 2.81. The van der Waals surface area contributed by atoms with Crippen LogP contribution in [0.3, 0.4) is 0 Å². The number of hydrogen-bond acceptors (Lipinski definition) is 5. The Morgan fingerprint density at radius 3 is 2.08 bits per heavy atom. The highest BCUT2D eigenvalue weighted by atomic mass is 32.2. The van der Waals surface area contributed by atoms with Crippen molar-refractivity contribution in [1.29, 1.82) is 0 Å². The second-order valence-corrected chi connectivity index (χ2v) is 6.54. The van der Waals surface area contributed by atoms with Gasteiger partial charge in [-0.2, -0.15) is 26.3 Å². The summed E-state index contributed by atoms with van der Waals surface area (Å²) in [6, 6.07) is 2.32. The molecule has 1 aromatic rings. The van der Waals surface area contributed by atoms with Crippen LogP contribution >= 0.6 is 0 Å². The van der Waals surface area contributed by atoms with Crippen LogP contribution in [0.4, 0.5) is 26.3 Å². The molecule has 26 heavy (non-hydrogen) atoms. The van der Waals surface area contributed by atoms with Crippen LogP contribution in [-0.4, -0.2) is 46.1 Å². The van der Waals surface area contributed by atoms with Crippen molar-refractivity contribution in [2.24, 2.45) is 0 Å². The normalized spacial score (nSPS) is 12.6. The number of nitrogens with one attached hydrogen (secondary N) is 2. The van der Waals surface area contributed by atoms with Gasteiger partial charge in [-0.3, -0.25) is 10.2 Å². The van der Waals surface area contributed by atoms with Crippen molar-refractivity contribution < 1.29 is 49.0 Å². The van der Waals surface area contributed by atoms with Crippen LogP contribution < -0.4 is 19.7 Å². The molecule has 0 saturated carbocycles. The molecule has 0 aliphatic rings. The predicted molar refractivity (Wildman–Crippen MR) is 75.0 cm³/mol. The molecule has 0 aliphatic heterocycles. The van der Waals surface area contributed by atoms with Gasteiger partial charge in [0.25, 0.3) is 5.91 Å². The molecule has 0 saturated heterocycles. The van der Waals surface area contributed by atoms with Crippen molar-refractivity contribution in [2.45, 2.75) is 12.4 Å². The summed E-state index contributed by atoms with van der Waals surface area (Å²) >= 11 is 0. The Labute approximate surface area is 143 Å². The van der Waals surface area contributed by atoms with Gasteiger partial charge in [0.15, 0.2) is 13.2 Å². The number of sulfonamides is 1. The van der Waals surface area contributed by atoms with E-state index in [1.807, 2.05) is 0 Å². The van der Waals surface area contributed by atoms with E-state index < -0.39 is 58.6 Å². The lowest BCUT2D eigenvalue weighted by Crippen LogP contribution is -2.41. The third-order valence-electron chi connectivity index (χ3n) is 2.34. The van der Waals surface area contributed by atoms with Gasteiger partial charge in [0.05, 0.1) is 11.8 Å². The molecule has 0 heterocycles. The summed E-state index contributed by atoms with van der Waals surface area (Å²) in [4.78, 5) is 13.5. The van der Waals surface area contributed by atoms with E-state index in [4.69, 9.17) is 0 Å². The van der Waals surface area contributed by atoms with Gasteiger partial charge >= 0.3 is 12.4 Å². The first-order chi connectivity index (χ1) is 11.7. The number of halogens is 6. The first kappa shape index (κ1) is 21.8. The van der Waals surface area contributed by atoms with Gasteiger partial charge in [-0.05, 0) is 18.2 Å². The van der Waals surface area contributed by atoms with Gasteiger partial charge in [-0.1, -0.05) is 0 Å². The van der Waals surface area contributed by atoms with Crippen molar-refractivity contribution in [3.63, 3.8) is 0 Å². The van der Waals surface area contributed by atoms with Crippen molar-refractivity contribution in [3.05, 3.63) is 23.8 Å². The Balaban J connectivity index is 3.06. The SMILES string of the molecule is CS(=O)(=O)NNC(=O)c1cc(OCC(F)(F)F)ccc1OCC(F)(F)F. The van der Waals surface area contributed by atoms with Crippen LogP contribution in [0.25, 0.3) is 0 Å². The minimum atomic E-state index is -4.75. The molecule has 0 unspecified atom stereocenters. The van der Waals surface area contributed by atoms with E-state index in [-0.39, 0.29) is 0 Å². The molecule has 0 radical (unpaired) electrons. The molecule has 14 heteroatoms. The highest BCUT2D eigenvalue weighted by Crippen LogP contribution is 2.27. The number of carbonyl (C=O) groups is 1. The molecule has 0 fully saturated rings. The van der Waals surface area contributed by atoms with Crippen molar-refractivity contribution in [3.8, 4) is 11.5 Å². The molecule has 1 rings (SSSR count). The Kier molecular flexibility index (Phi) is 6.70. The quantitative estimate of drug-likeness (QED) is 0.528. The number of ether oxygens (including phenoxy) is 2. The fourth-order valence-corrected chi connectivity index (χ4v) is 1.71. The molecule has 2 N–H and O–H groups in total. The molecule has 1 aromatic carbocycles. The topological polar surface area (TPSA) is 93.7 Å². The van der Waals surface area contributed by atoms with Crippen LogP contribution in [0.2, 0.25) is 0 Å². The standard InChI is InChI=1S/C12H12F6N2O5S/c1-26(22,23)20-19-10(21)8-4-7(24-5-11(13,14)15)2-3-9(8)25-6-12(16,17)18/h2-4,20H,5-6H2,1H3,(H,19,21). The van der Waals surface area contributed by atoms with Crippen molar-refractivity contribution >= 4 is 15.9 Å². The molecular weight excluding hydrogens is 398 g/mol. The number of rotatable bonds is 7. The third kappa shape index (κ3) is 8.75. The highest BCUT2D eigenvalue weighted by molar-refractivity contribution is 7.88. The fraction of sp³-hybridized carbons (Fsp3) is 0.417. The van der Waals surface area contributed by atoms with E-state index in [1.165, 1.54) is 0 Å². The fourth-order valence-electron chi connectivity index (χ4n) is 1.43. The monoisotopic (exact) mass is 410 g/mol. The molecule has 1 amide bonds. The average molecular weight is 410 g/mol. The van der Waals surface area contributed by atoms with Crippen LogP contribution in [0, 0.1) is 0 Å². The molecule has 0 spiro atoms.